The minimum atomic E-state index is 0.276. The average molecular weight is 245 g/mol. The van der Waals surface area contributed by atoms with Gasteiger partial charge in [0.25, 0.3) is 0 Å². The molecule has 1 fully saturated rings. The average Bonchev–Trinajstić information content (AvgIpc) is 2.37. The van der Waals surface area contributed by atoms with Crippen molar-refractivity contribution in [2.75, 3.05) is 6.61 Å². The van der Waals surface area contributed by atoms with Gasteiger partial charge in [-0.2, -0.15) is 0 Å². The van der Waals surface area contributed by atoms with E-state index < -0.39 is 0 Å². The maximum Gasteiger partial charge on any atom is 0.0981 e. The monoisotopic (exact) mass is 245 g/mol. The van der Waals surface area contributed by atoms with Gasteiger partial charge in [-0.1, -0.05) is 38.1 Å². The Hall–Kier alpha value is -0.860. The summed E-state index contributed by atoms with van der Waals surface area (Å²) in [4.78, 5) is 0. The molecule has 0 spiro atoms. The van der Waals surface area contributed by atoms with E-state index in [1.54, 1.807) is 0 Å². The summed E-state index contributed by atoms with van der Waals surface area (Å²) in [7, 11) is 0. The molecule has 1 aliphatic carbocycles. The fourth-order valence-corrected chi connectivity index (χ4v) is 3.37. The first kappa shape index (κ1) is 12.2. The maximum atomic E-state index is 6.16. The van der Waals surface area contributed by atoms with Crippen LogP contribution in [0.1, 0.15) is 43.9 Å². The van der Waals surface area contributed by atoms with Crippen LogP contribution < -0.4 is 5.32 Å². The van der Waals surface area contributed by atoms with Crippen molar-refractivity contribution < 1.29 is 4.74 Å². The van der Waals surface area contributed by atoms with Crippen LogP contribution in [0.5, 0.6) is 0 Å². The number of nitrogens with one attached hydrogen (secondary N) is 1. The van der Waals surface area contributed by atoms with Crippen LogP contribution in [0.4, 0.5) is 0 Å². The molecule has 1 aromatic rings. The predicted molar refractivity (Wildman–Crippen MR) is 73.6 cm³/mol. The Labute approximate surface area is 110 Å². The summed E-state index contributed by atoms with van der Waals surface area (Å²) in [6, 6.07) is 9.79. The molecular weight excluding hydrogens is 222 g/mol. The fourth-order valence-electron chi connectivity index (χ4n) is 3.37. The second kappa shape index (κ2) is 5.02. The molecule has 2 aliphatic rings. The highest BCUT2D eigenvalue weighted by Gasteiger charge is 2.35. The Kier molecular flexibility index (Phi) is 3.40. The summed E-state index contributed by atoms with van der Waals surface area (Å²) in [5, 5.41) is 3.80. The van der Waals surface area contributed by atoms with E-state index in [0.717, 1.165) is 12.5 Å². The standard InChI is InChI=1S/C16H23NO/c1-11(2)9-13-10-18-16-14-6-4-3-5-12(14)7-8-15(16)17-13/h3-6,11,13,15-17H,7-10H2,1-2H3. The van der Waals surface area contributed by atoms with E-state index in [1.807, 2.05) is 0 Å². The predicted octanol–water partition coefficient (Wildman–Crippen LogP) is 3.08. The molecule has 2 heteroatoms. The van der Waals surface area contributed by atoms with Crippen LogP contribution in [0.2, 0.25) is 0 Å². The lowest BCUT2D eigenvalue weighted by Gasteiger charge is -2.41. The van der Waals surface area contributed by atoms with E-state index in [0.29, 0.717) is 12.1 Å². The van der Waals surface area contributed by atoms with Gasteiger partial charge in [-0.25, -0.2) is 0 Å². The van der Waals surface area contributed by atoms with E-state index in [4.69, 9.17) is 4.74 Å². The van der Waals surface area contributed by atoms with Crippen LogP contribution in [0.15, 0.2) is 24.3 Å². The largest absolute Gasteiger partial charge is 0.370 e. The van der Waals surface area contributed by atoms with Crippen molar-refractivity contribution in [2.45, 2.75) is 51.3 Å². The van der Waals surface area contributed by atoms with Gasteiger partial charge in [-0.15, -0.1) is 0 Å². The van der Waals surface area contributed by atoms with E-state index >= 15 is 0 Å². The summed E-state index contributed by atoms with van der Waals surface area (Å²) in [5.74, 6) is 0.735. The Morgan fingerprint density at radius 1 is 1.33 bits per heavy atom. The van der Waals surface area contributed by atoms with Gasteiger partial charge in [-0.3, -0.25) is 0 Å². The van der Waals surface area contributed by atoms with Crippen LogP contribution in [0.3, 0.4) is 0 Å². The highest BCUT2D eigenvalue weighted by Crippen LogP contribution is 2.35. The molecule has 1 saturated heterocycles. The number of rotatable bonds is 2. The van der Waals surface area contributed by atoms with Crippen molar-refractivity contribution in [3.63, 3.8) is 0 Å². The molecule has 1 N–H and O–H groups in total. The molecule has 3 unspecified atom stereocenters. The van der Waals surface area contributed by atoms with Crippen molar-refractivity contribution in [1.29, 1.82) is 0 Å². The van der Waals surface area contributed by atoms with Crippen LogP contribution in [-0.2, 0) is 11.2 Å². The van der Waals surface area contributed by atoms with E-state index in [-0.39, 0.29) is 6.10 Å². The molecule has 0 saturated carbocycles. The van der Waals surface area contributed by atoms with Crippen molar-refractivity contribution in [3.05, 3.63) is 35.4 Å². The van der Waals surface area contributed by atoms with Gasteiger partial charge in [0.15, 0.2) is 0 Å². The lowest BCUT2D eigenvalue weighted by atomic mass is 9.84. The molecule has 18 heavy (non-hydrogen) atoms. The summed E-state index contributed by atoms with van der Waals surface area (Å²) < 4.78 is 6.16. The summed E-state index contributed by atoms with van der Waals surface area (Å²) in [6.45, 7) is 5.42. The minimum absolute atomic E-state index is 0.276. The molecule has 3 atom stereocenters. The first-order valence-corrected chi connectivity index (χ1v) is 7.19. The van der Waals surface area contributed by atoms with Crippen molar-refractivity contribution in [1.82, 2.24) is 5.32 Å². The number of benzene rings is 1. The second-order valence-electron chi connectivity index (χ2n) is 6.09. The highest BCUT2D eigenvalue weighted by atomic mass is 16.5. The fraction of sp³-hybridized carbons (Fsp3) is 0.625. The number of hydrogen-bond acceptors (Lipinski definition) is 2. The maximum absolute atomic E-state index is 6.16. The molecule has 0 aromatic heterocycles. The zero-order valence-corrected chi connectivity index (χ0v) is 11.4. The van der Waals surface area contributed by atoms with Crippen molar-refractivity contribution in [3.8, 4) is 0 Å². The normalized spacial score (nSPS) is 30.9. The van der Waals surface area contributed by atoms with Gasteiger partial charge >= 0.3 is 0 Å². The number of ether oxygens (including phenoxy) is 1. The van der Waals surface area contributed by atoms with Gasteiger partial charge in [-0.05, 0) is 36.3 Å². The molecule has 2 nitrogen and oxygen atoms in total. The highest BCUT2D eigenvalue weighted by molar-refractivity contribution is 5.33. The van der Waals surface area contributed by atoms with Gasteiger partial charge in [0, 0.05) is 12.1 Å². The van der Waals surface area contributed by atoms with Crippen molar-refractivity contribution >= 4 is 0 Å². The van der Waals surface area contributed by atoms with Gasteiger partial charge in [0.05, 0.1) is 12.7 Å². The molecule has 1 heterocycles. The number of morpholine rings is 1. The Balaban J connectivity index is 1.74. The third-order valence-electron chi connectivity index (χ3n) is 4.13. The Morgan fingerprint density at radius 3 is 3.00 bits per heavy atom. The topological polar surface area (TPSA) is 21.3 Å². The van der Waals surface area contributed by atoms with Crippen LogP contribution in [0, 0.1) is 5.92 Å². The summed E-state index contributed by atoms with van der Waals surface area (Å²) >= 11 is 0. The molecular formula is C16H23NO. The second-order valence-corrected chi connectivity index (χ2v) is 6.09. The van der Waals surface area contributed by atoms with E-state index in [2.05, 4.69) is 43.4 Å². The molecule has 0 amide bonds. The third-order valence-corrected chi connectivity index (χ3v) is 4.13. The van der Waals surface area contributed by atoms with Gasteiger partial charge in [0.1, 0.15) is 0 Å². The summed E-state index contributed by atoms with van der Waals surface area (Å²) in [6.07, 6.45) is 3.88. The lowest BCUT2D eigenvalue weighted by molar-refractivity contribution is -0.0397. The van der Waals surface area contributed by atoms with E-state index in [9.17, 15) is 0 Å². The molecule has 1 aliphatic heterocycles. The zero-order chi connectivity index (χ0) is 12.5. The first-order valence-electron chi connectivity index (χ1n) is 7.19. The quantitative estimate of drug-likeness (QED) is 0.864. The number of aryl methyl sites for hydroxylation is 1. The smallest absolute Gasteiger partial charge is 0.0981 e. The molecule has 98 valence electrons. The van der Waals surface area contributed by atoms with E-state index in [1.165, 1.54) is 30.4 Å². The SMILES string of the molecule is CC(C)CC1COC2c3ccccc3CCC2N1. The Bertz CT molecular complexity index is 415. The number of fused-ring (bicyclic) bond motifs is 3. The minimum Gasteiger partial charge on any atom is -0.370 e. The molecule has 0 bridgehead atoms. The van der Waals surface area contributed by atoms with Crippen LogP contribution in [0.25, 0.3) is 0 Å². The van der Waals surface area contributed by atoms with Gasteiger partial charge in [0.2, 0.25) is 0 Å². The van der Waals surface area contributed by atoms with Crippen LogP contribution >= 0.6 is 0 Å². The zero-order valence-electron chi connectivity index (χ0n) is 11.4. The molecule has 0 radical (unpaired) electrons. The summed E-state index contributed by atoms with van der Waals surface area (Å²) in [5.41, 5.74) is 2.88. The van der Waals surface area contributed by atoms with Gasteiger partial charge < -0.3 is 10.1 Å². The van der Waals surface area contributed by atoms with Crippen LogP contribution in [-0.4, -0.2) is 18.7 Å². The first-order chi connectivity index (χ1) is 8.74. The van der Waals surface area contributed by atoms with Crippen molar-refractivity contribution in [2.24, 2.45) is 5.92 Å². The Morgan fingerprint density at radius 2 is 2.17 bits per heavy atom. The number of hydrogen-bond donors (Lipinski definition) is 1. The molecule has 3 rings (SSSR count). The lowest BCUT2D eigenvalue weighted by Crippen LogP contribution is -2.52. The molecule has 1 aromatic carbocycles. The third kappa shape index (κ3) is 2.32.